The fraction of sp³-hybridized carbons (Fsp3) is 0.273. The quantitative estimate of drug-likeness (QED) is 0.177. The van der Waals surface area contributed by atoms with Gasteiger partial charge in [0.05, 0.1) is 36.4 Å². The third kappa shape index (κ3) is 10.1. The summed E-state index contributed by atoms with van der Waals surface area (Å²) in [5, 5.41) is 18.4. The van der Waals surface area contributed by atoms with Crippen LogP contribution < -0.4 is 30.1 Å². The molecule has 4 N–H and O–H groups in total. The van der Waals surface area contributed by atoms with E-state index in [1.54, 1.807) is 9.80 Å². The predicted octanol–water partition coefficient (Wildman–Crippen LogP) is 5.75. The zero-order valence-corrected chi connectivity index (χ0v) is 37.7. The van der Waals surface area contributed by atoms with Crippen LogP contribution in [0.25, 0.3) is 33.2 Å². The van der Waals surface area contributed by atoms with Gasteiger partial charge in [-0.3, -0.25) is 9.59 Å². The number of fused-ring (bicyclic) bond motifs is 2. The van der Waals surface area contributed by atoms with E-state index in [0.717, 1.165) is 57.9 Å². The van der Waals surface area contributed by atoms with Crippen molar-refractivity contribution >= 4 is 69.9 Å². The number of carbonyl (C=O) groups is 2. The molecular weight excluding hydrogens is 941 g/mol. The van der Waals surface area contributed by atoms with Crippen molar-refractivity contribution in [2.45, 2.75) is 0 Å². The number of rotatable bonds is 8. The van der Waals surface area contributed by atoms with E-state index in [4.69, 9.17) is 9.47 Å². The van der Waals surface area contributed by atoms with Crippen LogP contribution in [0, 0.1) is 34.9 Å². The van der Waals surface area contributed by atoms with E-state index in [0.29, 0.717) is 64.5 Å². The van der Waals surface area contributed by atoms with Crippen molar-refractivity contribution < 1.29 is 61.1 Å². The van der Waals surface area contributed by atoms with E-state index in [1.165, 1.54) is 14.2 Å². The highest BCUT2D eigenvalue weighted by Gasteiger charge is 2.30. The van der Waals surface area contributed by atoms with Gasteiger partial charge in [0.25, 0.3) is 0 Å². The summed E-state index contributed by atoms with van der Waals surface area (Å²) in [5.74, 6) is -8.35. The average molecular weight is 986 g/mol. The molecule has 0 unspecified atom stereocenters. The number of halogens is 8. The van der Waals surface area contributed by atoms with Gasteiger partial charge in [0, 0.05) is 76.9 Å². The minimum atomic E-state index is -1.56. The molecule has 23 heteroatoms. The monoisotopic (exact) mass is 984 g/mol. The summed E-state index contributed by atoms with van der Waals surface area (Å²) in [7, 11) is 6.45. The largest absolute Gasteiger partial charge is 0.492 e. The Kier molecular flexibility index (Phi) is 17.0. The molecule has 67 heavy (non-hydrogen) atoms. The van der Waals surface area contributed by atoms with Crippen LogP contribution in [0.5, 0.6) is 11.5 Å². The first kappa shape index (κ1) is 53.1. The van der Waals surface area contributed by atoms with Gasteiger partial charge < -0.3 is 53.9 Å². The SMILES string of the molecule is COc1c(N2CCN(C)CC2)c(F)cc2c(=O)c(C(=O)O)cn(-c3ccc(F)cc3F)c12.COc1c(N2CCN(C)CC2)c(F)cc2c(=O)c(C(=O)O)cn(-c3ccc(F)cc3F)c12.Cl.Cl.O. The second kappa shape index (κ2) is 21.4. The highest BCUT2D eigenvalue weighted by atomic mass is 35.5. The summed E-state index contributed by atoms with van der Waals surface area (Å²) in [4.78, 5) is 56.7. The molecule has 8 rings (SSSR count). The van der Waals surface area contributed by atoms with Crippen LogP contribution in [-0.2, 0) is 0 Å². The predicted molar refractivity (Wildman–Crippen MR) is 243 cm³/mol. The fourth-order valence-corrected chi connectivity index (χ4v) is 7.91. The van der Waals surface area contributed by atoms with Crippen molar-refractivity contribution in [1.82, 2.24) is 18.9 Å². The van der Waals surface area contributed by atoms with Crippen LogP contribution in [0.2, 0.25) is 0 Å². The third-order valence-corrected chi connectivity index (χ3v) is 11.2. The van der Waals surface area contributed by atoms with Gasteiger partial charge in [-0.2, -0.15) is 0 Å². The molecule has 0 aliphatic carbocycles. The van der Waals surface area contributed by atoms with Crippen LogP contribution in [-0.4, -0.2) is 127 Å². The number of likely N-dealkylation sites (N-methyl/N-ethyl adjacent to an activating group) is 2. The topological polar surface area (TPSA) is 182 Å². The van der Waals surface area contributed by atoms with Gasteiger partial charge in [-0.05, 0) is 50.5 Å². The summed E-state index contributed by atoms with van der Waals surface area (Å²) in [6.07, 6.45) is 1.88. The number of anilines is 2. The van der Waals surface area contributed by atoms with Crippen LogP contribution in [0.4, 0.5) is 37.7 Å². The first-order valence-corrected chi connectivity index (χ1v) is 19.6. The number of hydrogen-bond donors (Lipinski definition) is 2. The maximum atomic E-state index is 15.3. The van der Waals surface area contributed by atoms with Crippen molar-refractivity contribution in [2.24, 2.45) is 0 Å². The number of methoxy groups -OCH3 is 2. The second-order valence-corrected chi connectivity index (χ2v) is 15.1. The molecule has 2 aliphatic rings. The molecule has 2 aliphatic heterocycles. The molecule has 15 nitrogen and oxygen atoms in total. The van der Waals surface area contributed by atoms with Crippen molar-refractivity contribution in [3.63, 3.8) is 0 Å². The first-order valence-electron chi connectivity index (χ1n) is 19.6. The van der Waals surface area contributed by atoms with Crippen LogP contribution in [0.1, 0.15) is 20.7 Å². The van der Waals surface area contributed by atoms with Gasteiger partial charge in [0.2, 0.25) is 10.9 Å². The van der Waals surface area contributed by atoms with E-state index in [2.05, 4.69) is 9.80 Å². The zero-order chi connectivity index (χ0) is 46.3. The summed E-state index contributed by atoms with van der Waals surface area (Å²) >= 11 is 0. The summed E-state index contributed by atoms with van der Waals surface area (Å²) < 4.78 is 100. The summed E-state index contributed by atoms with van der Waals surface area (Å²) in [5.41, 5.74) is -3.52. The summed E-state index contributed by atoms with van der Waals surface area (Å²) in [6.45, 7) is 4.59. The van der Waals surface area contributed by atoms with Crippen LogP contribution in [0.3, 0.4) is 0 Å². The lowest BCUT2D eigenvalue weighted by Gasteiger charge is -2.35. The Morgan fingerprint density at radius 1 is 0.537 bits per heavy atom. The molecule has 4 heterocycles. The van der Waals surface area contributed by atoms with Crippen molar-refractivity contribution in [3.8, 4) is 22.9 Å². The highest BCUT2D eigenvalue weighted by Crippen LogP contribution is 2.41. The molecule has 0 radical (unpaired) electrons. The third-order valence-electron chi connectivity index (χ3n) is 11.2. The highest BCUT2D eigenvalue weighted by molar-refractivity contribution is 5.99. The molecule has 0 bridgehead atoms. The number of nitrogens with zero attached hydrogens (tertiary/aromatic N) is 6. The zero-order valence-electron chi connectivity index (χ0n) is 36.0. The lowest BCUT2D eigenvalue weighted by Crippen LogP contribution is -2.45. The van der Waals surface area contributed by atoms with Crippen molar-refractivity contribution in [1.29, 1.82) is 0 Å². The number of pyridine rings is 2. The molecule has 360 valence electrons. The average Bonchev–Trinajstić information content (AvgIpc) is 3.24. The Balaban J connectivity index is 0.000000280. The number of carboxylic acid groups (broad SMARTS) is 2. The van der Waals surface area contributed by atoms with Gasteiger partial charge in [0.15, 0.2) is 23.1 Å². The lowest BCUT2D eigenvalue weighted by atomic mass is 10.1. The number of hydrogen-bond acceptors (Lipinski definition) is 10. The molecule has 2 fully saturated rings. The van der Waals surface area contributed by atoms with Gasteiger partial charge >= 0.3 is 11.9 Å². The van der Waals surface area contributed by atoms with E-state index in [9.17, 15) is 47.0 Å². The van der Waals surface area contributed by atoms with Gasteiger partial charge in [-0.25, -0.2) is 35.9 Å². The number of piperazine rings is 2. The van der Waals surface area contributed by atoms with E-state index < -0.39 is 68.8 Å². The van der Waals surface area contributed by atoms with Gasteiger partial charge in [-0.1, -0.05) is 0 Å². The van der Waals surface area contributed by atoms with Crippen molar-refractivity contribution in [2.75, 3.05) is 90.5 Å². The molecule has 0 amide bonds. The van der Waals surface area contributed by atoms with E-state index in [1.807, 2.05) is 14.1 Å². The molecule has 0 saturated carbocycles. The Labute approximate surface area is 389 Å². The minimum absolute atomic E-state index is 0. The standard InChI is InChI=1S/2C22H20F3N3O4.2ClH.H2O/c2*1-26-5-7-27(8-6-26)19-16(25)10-13-18(21(19)32-2)28(11-14(20(13)29)22(30)31)17-4-3-12(23)9-15(17)24;;;/h2*3-4,9-11H,5-8H2,1-2H3,(H,30,31);2*1H;1H2. The molecule has 2 aromatic heterocycles. The molecule has 2 saturated heterocycles. The molecule has 6 aromatic rings. The number of aromatic carboxylic acids is 2. The van der Waals surface area contributed by atoms with Gasteiger partial charge in [0.1, 0.15) is 56.8 Å². The van der Waals surface area contributed by atoms with Crippen LogP contribution >= 0.6 is 24.8 Å². The van der Waals surface area contributed by atoms with Gasteiger partial charge in [-0.15, -0.1) is 24.8 Å². The smallest absolute Gasteiger partial charge is 0.341 e. The number of benzene rings is 4. The maximum absolute atomic E-state index is 15.3. The molecule has 4 aromatic carbocycles. The normalized spacial score (nSPS) is 14.1. The molecular formula is C44H44Cl2F6N6O9. The number of carboxylic acids is 2. The van der Waals surface area contributed by atoms with Crippen LogP contribution in [0.15, 0.2) is 70.5 Å². The Hall–Kier alpha value is -6.52. The maximum Gasteiger partial charge on any atom is 0.341 e. The Bertz CT molecular complexity index is 2780. The minimum Gasteiger partial charge on any atom is -0.492 e. The Morgan fingerprint density at radius 3 is 1.15 bits per heavy atom. The first-order chi connectivity index (χ1) is 30.4. The Morgan fingerprint density at radius 2 is 0.866 bits per heavy atom. The molecule has 0 atom stereocenters. The fourth-order valence-electron chi connectivity index (χ4n) is 7.91. The second-order valence-electron chi connectivity index (χ2n) is 15.1. The van der Waals surface area contributed by atoms with E-state index >= 15 is 8.78 Å². The summed E-state index contributed by atoms with van der Waals surface area (Å²) in [6, 6.07) is 7.38. The molecule has 0 spiro atoms. The number of aromatic nitrogens is 2. The number of ether oxygens (including phenoxy) is 2. The van der Waals surface area contributed by atoms with Crippen molar-refractivity contribution in [3.05, 3.63) is 127 Å². The lowest BCUT2D eigenvalue weighted by molar-refractivity contribution is 0.0684. The van der Waals surface area contributed by atoms with E-state index in [-0.39, 0.29) is 86.3 Å².